The number of sulfone groups is 1. The van der Waals surface area contributed by atoms with Gasteiger partial charge in [-0.15, -0.1) is 0 Å². The number of nitrogens with two attached hydrogens (primary N) is 2. The Hall–Kier alpha value is -4.90. The number of carbonyl (C=O) groups excluding carboxylic acids is 1. The molecular weight excluding hydrogens is 566 g/mol. The standard InChI is InChI=1S/C32H33N5O5S/c1-41-28-18-20(16-23-19-35-32(34)36-31(23)33)17-26(30(28)42-2)27(38)13-15-37-14-12-21-6-4-5-7-25(21)29(37)22-8-10-24(11-9-22)43(3,39)40/h4-11,13,15,17-19,29H,12,14,16H2,1-3H3,(H4,33,34,35,36)/b15-13+. The molecule has 0 saturated heterocycles. The molecule has 0 spiro atoms. The maximum absolute atomic E-state index is 13.7. The van der Waals surface area contributed by atoms with Crippen LogP contribution in [0.25, 0.3) is 0 Å². The first kappa shape index (κ1) is 29.6. The molecule has 5 rings (SSSR count). The van der Waals surface area contributed by atoms with Crippen LogP contribution < -0.4 is 20.9 Å². The van der Waals surface area contributed by atoms with E-state index in [-0.39, 0.29) is 28.5 Å². The van der Waals surface area contributed by atoms with E-state index in [0.29, 0.717) is 35.6 Å². The molecule has 1 aliphatic heterocycles. The van der Waals surface area contributed by atoms with Crippen LogP contribution in [0.3, 0.4) is 0 Å². The zero-order valence-corrected chi connectivity index (χ0v) is 25.0. The van der Waals surface area contributed by atoms with Gasteiger partial charge in [0.05, 0.1) is 30.7 Å². The molecule has 3 aromatic carbocycles. The van der Waals surface area contributed by atoms with E-state index < -0.39 is 9.84 Å². The summed E-state index contributed by atoms with van der Waals surface area (Å²) in [4.78, 5) is 24.1. The molecule has 0 radical (unpaired) electrons. The molecule has 0 saturated carbocycles. The van der Waals surface area contributed by atoms with E-state index in [2.05, 4.69) is 27.0 Å². The fourth-order valence-corrected chi connectivity index (χ4v) is 6.00. The van der Waals surface area contributed by atoms with Gasteiger partial charge in [0, 0.05) is 43.3 Å². The minimum atomic E-state index is -3.33. The molecule has 0 amide bonds. The monoisotopic (exact) mass is 599 g/mol. The summed E-state index contributed by atoms with van der Waals surface area (Å²) >= 11 is 0. The lowest BCUT2D eigenvalue weighted by Crippen LogP contribution is -2.32. The molecule has 1 atom stereocenters. The zero-order valence-electron chi connectivity index (χ0n) is 24.2. The summed E-state index contributed by atoms with van der Waals surface area (Å²) in [5.74, 6) is 0.793. The second kappa shape index (κ2) is 12.1. The van der Waals surface area contributed by atoms with Crippen molar-refractivity contribution in [2.75, 3.05) is 38.5 Å². The summed E-state index contributed by atoms with van der Waals surface area (Å²) in [6, 6.07) is 18.4. The first-order valence-corrected chi connectivity index (χ1v) is 15.5. The second-order valence-electron chi connectivity index (χ2n) is 10.3. The Bertz CT molecular complexity index is 1810. The van der Waals surface area contributed by atoms with Gasteiger partial charge in [-0.1, -0.05) is 36.4 Å². The highest BCUT2D eigenvalue weighted by Gasteiger charge is 2.27. The average molecular weight is 600 g/mol. The van der Waals surface area contributed by atoms with Crippen LogP contribution in [-0.2, 0) is 22.7 Å². The minimum Gasteiger partial charge on any atom is -0.493 e. The molecule has 2 heterocycles. The molecule has 4 N–H and O–H groups in total. The van der Waals surface area contributed by atoms with Gasteiger partial charge in [-0.05, 0) is 52.9 Å². The lowest BCUT2D eigenvalue weighted by Gasteiger charge is -2.37. The van der Waals surface area contributed by atoms with Crippen molar-refractivity contribution in [2.45, 2.75) is 23.8 Å². The number of nitrogens with zero attached hydrogens (tertiary/aromatic N) is 3. The lowest BCUT2D eigenvalue weighted by atomic mass is 9.88. The first-order valence-electron chi connectivity index (χ1n) is 13.6. The number of allylic oxidation sites excluding steroid dienone is 1. The van der Waals surface area contributed by atoms with Crippen LogP contribution in [0.5, 0.6) is 11.5 Å². The van der Waals surface area contributed by atoms with Gasteiger partial charge < -0.3 is 25.8 Å². The lowest BCUT2D eigenvalue weighted by molar-refractivity contribution is 0.104. The van der Waals surface area contributed by atoms with Crippen molar-refractivity contribution < 1.29 is 22.7 Å². The maximum atomic E-state index is 13.7. The van der Waals surface area contributed by atoms with E-state index in [1.165, 1.54) is 32.1 Å². The predicted molar refractivity (Wildman–Crippen MR) is 165 cm³/mol. The number of fused-ring (bicyclic) bond motifs is 1. The SMILES string of the molecule is COc1cc(Cc2cnc(N)nc2N)cc(C(=O)/C=C/N2CCc3ccccc3C2c2ccc(S(C)(=O)=O)cc2)c1OC. The number of rotatable bonds is 9. The molecule has 10 nitrogen and oxygen atoms in total. The summed E-state index contributed by atoms with van der Waals surface area (Å²) in [6.45, 7) is 0.663. The topological polar surface area (TPSA) is 151 Å². The van der Waals surface area contributed by atoms with Crippen molar-refractivity contribution in [3.63, 3.8) is 0 Å². The van der Waals surface area contributed by atoms with Crippen LogP contribution in [0.1, 0.15) is 44.2 Å². The van der Waals surface area contributed by atoms with Gasteiger partial charge >= 0.3 is 0 Å². The van der Waals surface area contributed by atoms with Gasteiger partial charge in [0.1, 0.15) is 5.82 Å². The molecule has 1 aliphatic rings. The van der Waals surface area contributed by atoms with E-state index in [9.17, 15) is 13.2 Å². The summed E-state index contributed by atoms with van der Waals surface area (Å²) in [5, 5.41) is 0. The largest absolute Gasteiger partial charge is 0.493 e. The zero-order chi connectivity index (χ0) is 30.7. The fourth-order valence-electron chi connectivity index (χ4n) is 5.37. The number of methoxy groups -OCH3 is 2. The first-order chi connectivity index (χ1) is 20.6. The Morgan fingerprint density at radius 2 is 1.81 bits per heavy atom. The van der Waals surface area contributed by atoms with Crippen molar-refractivity contribution in [1.29, 1.82) is 0 Å². The third-order valence-electron chi connectivity index (χ3n) is 7.48. The highest BCUT2D eigenvalue weighted by atomic mass is 32.2. The maximum Gasteiger partial charge on any atom is 0.221 e. The third kappa shape index (κ3) is 6.31. The smallest absolute Gasteiger partial charge is 0.221 e. The molecule has 11 heteroatoms. The number of hydrogen-bond donors (Lipinski definition) is 2. The summed E-state index contributed by atoms with van der Waals surface area (Å²) in [6.07, 6.45) is 7.21. The predicted octanol–water partition coefficient (Wildman–Crippen LogP) is 4.00. The molecule has 222 valence electrons. The van der Waals surface area contributed by atoms with E-state index in [4.69, 9.17) is 20.9 Å². The Morgan fingerprint density at radius 1 is 1.07 bits per heavy atom. The summed E-state index contributed by atoms with van der Waals surface area (Å²) in [5.41, 5.74) is 16.7. The summed E-state index contributed by atoms with van der Waals surface area (Å²) in [7, 11) is -0.332. The molecular formula is C32H33N5O5S. The normalized spacial score (nSPS) is 14.9. The number of ketones is 1. The summed E-state index contributed by atoms with van der Waals surface area (Å²) < 4.78 is 35.3. The van der Waals surface area contributed by atoms with Gasteiger partial charge in [-0.3, -0.25) is 4.79 Å². The van der Waals surface area contributed by atoms with Crippen LogP contribution in [0.4, 0.5) is 11.8 Å². The van der Waals surface area contributed by atoms with Crippen LogP contribution in [0, 0.1) is 0 Å². The van der Waals surface area contributed by atoms with E-state index in [1.54, 1.807) is 36.7 Å². The van der Waals surface area contributed by atoms with Crippen molar-refractivity contribution in [1.82, 2.24) is 14.9 Å². The van der Waals surface area contributed by atoms with Gasteiger partial charge in [-0.25, -0.2) is 13.4 Å². The van der Waals surface area contributed by atoms with Crippen molar-refractivity contribution >= 4 is 27.4 Å². The molecule has 4 aromatic rings. The van der Waals surface area contributed by atoms with Crippen molar-refractivity contribution in [2.24, 2.45) is 0 Å². The number of anilines is 2. The molecule has 0 fully saturated rings. The Kier molecular flexibility index (Phi) is 8.36. The quantitative estimate of drug-likeness (QED) is 0.213. The van der Waals surface area contributed by atoms with Crippen LogP contribution >= 0.6 is 0 Å². The highest BCUT2D eigenvalue weighted by Crippen LogP contribution is 2.37. The van der Waals surface area contributed by atoms with Crippen LogP contribution in [-0.4, -0.2) is 56.1 Å². The van der Waals surface area contributed by atoms with Crippen LogP contribution in [0.2, 0.25) is 0 Å². The number of ether oxygens (including phenoxy) is 2. The Balaban J connectivity index is 1.49. The average Bonchev–Trinajstić information content (AvgIpc) is 3.00. The van der Waals surface area contributed by atoms with E-state index in [1.807, 2.05) is 24.3 Å². The van der Waals surface area contributed by atoms with Gasteiger partial charge in [0.2, 0.25) is 5.95 Å². The molecule has 43 heavy (non-hydrogen) atoms. The number of hydrogen-bond acceptors (Lipinski definition) is 10. The van der Waals surface area contributed by atoms with E-state index in [0.717, 1.165) is 23.1 Å². The Labute approximate surface area is 250 Å². The van der Waals surface area contributed by atoms with Gasteiger partial charge in [0.25, 0.3) is 0 Å². The molecule has 1 aromatic heterocycles. The van der Waals surface area contributed by atoms with Gasteiger partial charge in [0.15, 0.2) is 27.1 Å². The number of nitrogen functional groups attached to an aromatic ring is 2. The van der Waals surface area contributed by atoms with Crippen molar-refractivity contribution in [3.8, 4) is 11.5 Å². The minimum absolute atomic E-state index is 0.0829. The molecule has 1 unspecified atom stereocenters. The van der Waals surface area contributed by atoms with Gasteiger partial charge in [-0.2, -0.15) is 4.98 Å². The third-order valence-corrected chi connectivity index (χ3v) is 8.61. The number of carbonyl (C=O) groups is 1. The number of benzene rings is 3. The van der Waals surface area contributed by atoms with Crippen LogP contribution in [0.15, 0.2) is 84.0 Å². The van der Waals surface area contributed by atoms with E-state index >= 15 is 0 Å². The fraction of sp³-hybridized carbons (Fsp3) is 0.219. The molecule has 0 aliphatic carbocycles. The van der Waals surface area contributed by atoms with Crippen molar-refractivity contribution in [3.05, 3.63) is 113 Å². The number of aromatic nitrogens is 2. The Morgan fingerprint density at radius 3 is 2.49 bits per heavy atom. The molecule has 0 bridgehead atoms. The second-order valence-corrected chi connectivity index (χ2v) is 12.3. The highest BCUT2D eigenvalue weighted by molar-refractivity contribution is 7.90.